The molecule has 0 saturated carbocycles. The number of nitrogens with one attached hydrogen (secondary N) is 1. The van der Waals surface area contributed by atoms with E-state index in [1.165, 1.54) is 22.5 Å². The Kier molecular flexibility index (Phi) is 6.56. The second-order valence-corrected chi connectivity index (χ2v) is 9.99. The molecular formula is C27H36N6O2. The van der Waals surface area contributed by atoms with E-state index in [1.54, 1.807) is 0 Å². The first-order valence-electron chi connectivity index (χ1n) is 12.6. The maximum absolute atomic E-state index is 12.1. The molecule has 0 aromatic heterocycles. The number of nitrogens with zero attached hydrogens (tertiary/aromatic N) is 5. The Morgan fingerprint density at radius 1 is 0.714 bits per heavy atom. The van der Waals surface area contributed by atoms with Crippen molar-refractivity contribution in [2.45, 2.75) is 19.3 Å². The minimum atomic E-state index is 0.0301. The molecular weight excluding hydrogens is 440 g/mol. The van der Waals surface area contributed by atoms with Crippen LogP contribution in [0.15, 0.2) is 36.4 Å². The quantitative estimate of drug-likeness (QED) is 0.722. The molecule has 4 aliphatic heterocycles. The van der Waals surface area contributed by atoms with Crippen LogP contribution in [-0.2, 0) is 17.6 Å². The number of fused-ring (bicyclic) bond motifs is 2. The topological polar surface area (TPSA) is 62.4 Å². The van der Waals surface area contributed by atoms with Crippen LogP contribution in [0.4, 0.5) is 27.5 Å². The third-order valence-corrected chi connectivity index (χ3v) is 7.50. The summed E-state index contributed by atoms with van der Waals surface area (Å²) in [5.41, 5.74) is 7.38. The van der Waals surface area contributed by atoms with E-state index in [0.717, 1.165) is 69.9 Å². The fourth-order valence-electron chi connectivity index (χ4n) is 5.36. The number of amides is 3. The van der Waals surface area contributed by atoms with E-state index >= 15 is 0 Å². The number of carbonyl (C=O) groups is 2. The van der Waals surface area contributed by atoms with Crippen molar-refractivity contribution in [3.8, 4) is 0 Å². The van der Waals surface area contributed by atoms with Crippen molar-refractivity contribution < 1.29 is 9.59 Å². The summed E-state index contributed by atoms with van der Waals surface area (Å²) in [7, 11) is 6.21. The zero-order valence-corrected chi connectivity index (χ0v) is 21.1. The first kappa shape index (κ1) is 23.5. The number of hydrogen-bond donors (Lipinski definition) is 1. The maximum atomic E-state index is 12.1. The van der Waals surface area contributed by atoms with Gasteiger partial charge < -0.3 is 20.0 Å². The van der Waals surface area contributed by atoms with Crippen LogP contribution in [-0.4, -0.2) is 83.8 Å². The summed E-state index contributed by atoms with van der Waals surface area (Å²) >= 11 is 0. The highest BCUT2D eigenvalue weighted by molar-refractivity contribution is 5.96. The van der Waals surface area contributed by atoms with E-state index < -0.39 is 0 Å². The van der Waals surface area contributed by atoms with E-state index in [0.29, 0.717) is 6.54 Å². The van der Waals surface area contributed by atoms with Gasteiger partial charge in [-0.05, 0) is 67.8 Å². The van der Waals surface area contributed by atoms with Gasteiger partial charge in [-0.15, -0.1) is 0 Å². The molecule has 0 atom stereocenters. The Labute approximate surface area is 208 Å². The van der Waals surface area contributed by atoms with Gasteiger partial charge in [0.2, 0.25) is 5.91 Å². The third-order valence-electron chi connectivity index (χ3n) is 7.50. The van der Waals surface area contributed by atoms with Crippen LogP contribution >= 0.6 is 0 Å². The third kappa shape index (κ3) is 4.80. The van der Waals surface area contributed by atoms with E-state index in [2.05, 4.69) is 64.4 Å². The average molecular weight is 477 g/mol. The lowest BCUT2D eigenvalue weighted by Crippen LogP contribution is -2.48. The number of carbonyl (C=O) groups excluding carboxylic acids is 2. The minimum Gasteiger partial charge on any atom is -0.374 e. The van der Waals surface area contributed by atoms with Crippen LogP contribution < -0.4 is 24.9 Å². The highest BCUT2D eigenvalue weighted by Crippen LogP contribution is 2.32. The minimum absolute atomic E-state index is 0.0301. The zero-order valence-electron chi connectivity index (χ0n) is 21.1. The molecule has 4 heterocycles. The molecule has 2 aromatic rings. The number of rotatable bonds is 2. The van der Waals surface area contributed by atoms with Gasteiger partial charge in [0.1, 0.15) is 0 Å². The standard InChI is InChI=1S/C14H19N3O.C13H17N3O/c1-15-7-8-17(14(18)10-15)12-4-3-11-5-6-16(2)13(11)9-12;1-15-8-5-10-9-11(3-4-12(10)15)16-7-2-6-14-13(16)17/h3-4,9H,5-8,10H2,1-2H3;3-4,9H,2,5-8H2,1H3,(H,14,17). The number of likely N-dealkylation sites (N-methyl/N-ethyl adjacent to an activating group) is 3. The molecule has 2 saturated heterocycles. The lowest BCUT2D eigenvalue weighted by molar-refractivity contribution is -0.120. The average Bonchev–Trinajstić information content (AvgIpc) is 3.41. The second kappa shape index (κ2) is 9.77. The van der Waals surface area contributed by atoms with Crippen LogP contribution in [0.5, 0.6) is 0 Å². The molecule has 4 aliphatic rings. The summed E-state index contributed by atoms with van der Waals surface area (Å²) < 4.78 is 0. The van der Waals surface area contributed by atoms with Gasteiger partial charge in [0.15, 0.2) is 0 Å². The Hall–Kier alpha value is -3.26. The van der Waals surface area contributed by atoms with Crippen molar-refractivity contribution in [2.24, 2.45) is 0 Å². The normalized spacial score (nSPS) is 19.9. The van der Waals surface area contributed by atoms with Crippen molar-refractivity contribution >= 4 is 34.7 Å². The van der Waals surface area contributed by atoms with Crippen LogP contribution in [0.1, 0.15) is 17.5 Å². The van der Waals surface area contributed by atoms with Crippen LogP contribution in [0.25, 0.3) is 0 Å². The zero-order chi connectivity index (χ0) is 24.5. The largest absolute Gasteiger partial charge is 0.374 e. The van der Waals surface area contributed by atoms with Crippen molar-refractivity contribution in [1.29, 1.82) is 0 Å². The number of benzene rings is 2. The Morgan fingerprint density at radius 2 is 1.43 bits per heavy atom. The highest BCUT2D eigenvalue weighted by atomic mass is 16.2. The summed E-state index contributed by atoms with van der Waals surface area (Å²) in [4.78, 5) is 34.2. The van der Waals surface area contributed by atoms with Gasteiger partial charge in [-0.25, -0.2) is 4.79 Å². The van der Waals surface area contributed by atoms with Gasteiger partial charge in [0.25, 0.3) is 0 Å². The molecule has 0 radical (unpaired) electrons. The van der Waals surface area contributed by atoms with Gasteiger partial charge in [-0.1, -0.05) is 6.07 Å². The van der Waals surface area contributed by atoms with E-state index in [-0.39, 0.29) is 11.9 Å². The Balaban J connectivity index is 0.000000145. The molecule has 6 rings (SSSR count). The highest BCUT2D eigenvalue weighted by Gasteiger charge is 2.25. The molecule has 1 N–H and O–H groups in total. The molecule has 8 nitrogen and oxygen atoms in total. The number of hydrogen-bond acceptors (Lipinski definition) is 5. The summed E-state index contributed by atoms with van der Waals surface area (Å²) in [5.74, 6) is 0.198. The monoisotopic (exact) mass is 476 g/mol. The maximum Gasteiger partial charge on any atom is 0.321 e. The SMILES string of the molecule is CN1CCN(c2ccc3c(c2)N(C)CC3)C(=O)C1.CN1CCc2cc(N3CCCNC3=O)ccc21. The fourth-order valence-corrected chi connectivity index (χ4v) is 5.36. The first-order valence-corrected chi connectivity index (χ1v) is 12.6. The van der Waals surface area contributed by atoms with Gasteiger partial charge in [-0.2, -0.15) is 0 Å². The molecule has 0 spiro atoms. The molecule has 186 valence electrons. The second-order valence-electron chi connectivity index (χ2n) is 9.99. The molecule has 0 aliphatic carbocycles. The summed E-state index contributed by atoms with van der Waals surface area (Å²) in [6.45, 7) is 6.02. The Bertz CT molecular complexity index is 1120. The molecule has 2 aromatic carbocycles. The van der Waals surface area contributed by atoms with Crippen molar-refractivity contribution in [1.82, 2.24) is 10.2 Å². The van der Waals surface area contributed by atoms with Crippen LogP contribution in [0.2, 0.25) is 0 Å². The molecule has 3 amide bonds. The molecule has 2 fully saturated rings. The van der Waals surface area contributed by atoms with Crippen molar-refractivity contribution in [3.05, 3.63) is 47.5 Å². The molecule has 8 heteroatoms. The predicted octanol–water partition coefficient (Wildman–Crippen LogP) is 2.56. The fraction of sp³-hybridized carbons (Fsp3) is 0.481. The van der Waals surface area contributed by atoms with Crippen molar-refractivity contribution in [2.75, 3.05) is 86.6 Å². The van der Waals surface area contributed by atoms with Crippen molar-refractivity contribution in [3.63, 3.8) is 0 Å². The van der Waals surface area contributed by atoms with E-state index in [9.17, 15) is 9.59 Å². The molecule has 35 heavy (non-hydrogen) atoms. The van der Waals surface area contributed by atoms with Crippen LogP contribution in [0.3, 0.4) is 0 Å². The lowest BCUT2D eigenvalue weighted by Gasteiger charge is -2.32. The molecule has 0 bridgehead atoms. The number of anilines is 4. The summed E-state index contributed by atoms with van der Waals surface area (Å²) in [5, 5.41) is 2.88. The summed E-state index contributed by atoms with van der Waals surface area (Å²) in [6.07, 6.45) is 3.21. The van der Waals surface area contributed by atoms with Gasteiger partial charge >= 0.3 is 6.03 Å². The van der Waals surface area contributed by atoms with E-state index in [1.807, 2.05) is 22.9 Å². The number of urea groups is 1. The molecule has 0 unspecified atom stereocenters. The lowest BCUT2D eigenvalue weighted by atomic mass is 10.1. The van der Waals surface area contributed by atoms with Gasteiger partial charge in [-0.3, -0.25) is 14.6 Å². The van der Waals surface area contributed by atoms with E-state index in [4.69, 9.17) is 0 Å². The van der Waals surface area contributed by atoms with Gasteiger partial charge in [0, 0.05) is 76.1 Å². The number of piperazine rings is 1. The Morgan fingerprint density at radius 3 is 2.20 bits per heavy atom. The smallest absolute Gasteiger partial charge is 0.321 e. The van der Waals surface area contributed by atoms with Gasteiger partial charge in [0.05, 0.1) is 6.54 Å². The predicted molar refractivity (Wildman–Crippen MR) is 142 cm³/mol. The first-order chi connectivity index (χ1) is 16.9. The summed E-state index contributed by atoms with van der Waals surface area (Å²) in [6, 6.07) is 12.8. The van der Waals surface area contributed by atoms with Crippen LogP contribution in [0, 0.1) is 0 Å².